The normalized spacial score (nSPS) is 11.1. The first-order valence-electron chi connectivity index (χ1n) is 10.5. The monoisotopic (exact) mass is 604 g/mol. The number of anilines is 2. The zero-order chi connectivity index (χ0) is 25.9. The number of sulfonamides is 1. The highest BCUT2D eigenvalue weighted by Crippen LogP contribution is 2.30. The van der Waals surface area contributed by atoms with E-state index in [1.54, 1.807) is 36.4 Å². The summed E-state index contributed by atoms with van der Waals surface area (Å²) in [5, 5.41) is 3.48. The van der Waals surface area contributed by atoms with E-state index < -0.39 is 15.9 Å². The minimum absolute atomic E-state index is 0.0159. The predicted molar refractivity (Wildman–Crippen MR) is 147 cm³/mol. The van der Waals surface area contributed by atoms with Crippen LogP contribution in [0.15, 0.2) is 94.3 Å². The second-order valence-electron chi connectivity index (χ2n) is 7.72. The van der Waals surface area contributed by atoms with Gasteiger partial charge in [-0.2, -0.15) is 0 Å². The van der Waals surface area contributed by atoms with Crippen molar-refractivity contribution in [2.24, 2.45) is 0 Å². The molecule has 4 rings (SSSR count). The fraction of sp³-hybridized carbons (Fsp3) is 0.0385. The van der Waals surface area contributed by atoms with Crippen molar-refractivity contribution >= 4 is 66.4 Å². The molecule has 2 N–H and O–H groups in total. The fourth-order valence-electron chi connectivity index (χ4n) is 3.21. The summed E-state index contributed by atoms with van der Waals surface area (Å²) in [6, 6.07) is 22.5. The molecule has 184 valence electrons. The number of nitrogens with one attached hydrogen (secondary N) is 2. The highest BCUT2D eigenvalue weighted by Gasteiger charge is 2.20. The van der Waals surface area contributed by atoms with Crippen molar-refractivity contribution < 1.29 is 17.9 Å². The van der Waals surface area contributed by atoms with Gasteiger partial charge in [0, 0.05) is 15.2 Å². The van der Waals surface area contributed by atoms with Gasteiger partial charge in [-0.25, -0.2) is 8.42 Å². The van der Waals surface area contributed by atoms with Crippen LogP contribution in [-0.2, 0) is 10.0 Å². The highest BCUT2D eigenvalue weighted by molar-refractivity contribution is 9.10. The third-order valence-electron chi connectivity index (χ3n) is 5.10. The standard InChI is InChI=1S/C26H19BrCl2N2O4S/c1-16-6-8-18(15-22(16)27)30-26(32)21-14-17(28)7-13-24(21)31-36(33,34)20-11-9-19(10-12-20)35-25-5-3-2-4-23(25)29/h2-15,31H,1H3,(H,30,32). The van der Waals surface area contributed by atoms with Crippen molar-refractivity contribution in [2.75, 3.05) is 10.0 Å². The molecule has 0 radical (unpaired) electrons. The zero-order valence-electron chi connectivity index (χ0n) is 18.8. The number of halogens is 3. The molecule has 4 aromatic carbocycles. The van der Waals surface area contributed by atoms with Crippen molar-refractivity contribution in [3.63, 3.8) is 0 Å². The molecular formula is C26H19BrCl2N2O4S. The van der Waals surface area contributed by atoms with Crippen LogP contribution in [0.2, 0.25) is 10.0 Å². The first-order valence-corrected chi connectivity index (χ1v) is 13.6. The average Bonchev–Trinajstić information content (AvgIpc) is 2.84. The Hall–Kier alpha value is -3.04. The van der Waals surface area contributed by atoms with Gasteiger partial charge in [-0.1, -0.05) is 57.3 Å². The molecule has 0 heterocycles. The van der Waals surface area contributed by atoms with E-state index >= 15 is 0 Å². The smallest absolute Gasteiger partial charge is 0.261 e. The number of aryl methyl sites for hydroxylation is 1. The molecule has 0 aromatic heterocycles. The van der Waals surface area contributed by atoms with Gasteiger partial charge >= 0.3 is 0 Å². The van der Waals surface area contributed by atoms with Gasteiger partial charge in [-0.3, -0.25) is 9.52 Å². The molecule has 1 amide bonds. The molecule has 0 unspecified atom stereocenters. The van der Waals surface area contributed by atoms with E-state index in [1.807, 2.05) is 13.0 Å². The molecule has 0 spiro atoms. The zero-order valence-corrected chi connectivity index (χ0v) is 22.7. The number of carbonyl (C=O) groups excluding carboxylic acids is 1. The van der Waals surface area contributed by atoms with Gasteiger partial charge in [0.05, 0.1) is 21.2 Å². The van der Waals surface area contributed by atoms with E-state index in [1.165, 1.54) is 42.5 Å². The van der Waals surface area contributed by atoms with Crippen LogP contribution in [0.3, 0.4) is 0 Å². The van der Waals surface area contributed by atoms with Crippen molar-refractivity contribution in [2.45, 2.75) is 11.8 Å². The number of ether oxygens (including phenoxy) is 1. The van der Waals surface area contributed by atoms with Crippen molar-refractivity contribution in [1.82, 2.24) is 0 Å². The lowest BCUT2D eigenvalue weighted by molar-refractivity contribution is 0.102. The van der Waals surface area contributed by atoms with E-state index in [9.17, 15) is 13.2 Å². The van der Waals surface area contributed by atoms with E-state index in [4.69, 9.17) is 27.9 Å². The second kappa shape index (κ2) is 10.9. The maximum atomic E-state index is 13.1. The van der Waals surface area contributed by atoms with Crippen LogP contribution >= 0.6 is 39.1 Å². The van der Waals surface area contributed by atoms with Gasteiger partial charge in [-0.05, 0) is 79.2 Å². The molecule has 10 heteroatoms. The van der Waals surface area contributed by atoms with E-state index in [0.717, 1.165) is 10.0 Å². The van der Waals surface area contributed by atoms with E-state index in [-0.39, 0.29) is 21.2 Å². The molecule has 0 fully saturated rings. The average molecular weight is 606 g/mol. The van der Waals surface area contributed by atoms with Crippen LogP contribution < -0.4 is 14.8 Å². The molecule has 0 aliphatic rings. The maximum absolute atomic E-state index is 13.1. The van der Waals surface area contributed by atoms with Crippen LogP contribution in [0.5, 0.6) is 11.5 Å². The van der Waals surface area contributed by atoms with Crippen molar-refractivity contribution in [1.29, 1.82) is 0 Å². The van der Waals surface area contributed by atoms with Gasteiger partial charge in [0.2, 0.25) is 0 Å². The van der Waals surface area contributed by atoms with Gasteiger partial charge in [0.25, 0.3) is 15.9 Å². The lowest BCUT2D eigenvalue weighted by atomic mass is 10.1. The first-order chi connectivity index (χ1) is 17.1. The number of carbonyl (C=O) groups is 1. The lowest BCUT2D eigenvalue weighted by Gasteiger charge is -2.14. The largest absolute Gasteiger partial charge is 0.456 e. The summed E-state index contributed by atoms with van der Waals surface area (Å²) in [5.74, 6) is 0.345. The van der Waals surface area contributed by atoms with Crippen molar-refractivity contribution in [3.8, 4) is 11.5 Å². The molecule has 6 nitrogen and oxygen atoms in total. The minimum Gasteiger partial charge on any atom is -0.456 e. The van der Waals surface area contributed by atoms with Gasteiger partial charge < -0.3 is 10.1 Å². The third kappa shape index (κ3) is 6.20. The number of rotatable bonds is 7. The van der Waals surface area contributed by atoms with Crippen LogP contribution in [0, 0.1) is 6.92 Å². The van der Waals surface area contributed by atoms with Crippen LogP contribution in [0.4, 0.5) is 11.4 Å². The highest BCUT2D eigenvalue weighted by atomic mass is 79.9. The predicted octanol–water partition coefficient (Wildman–Crippen LogP) is 7.91. The Morgan fingerprint density at radius 1 is 0.917 bits per heavy atom. The van der Waals surface area contributed by atoms with Gasteiger partial charge in [0.15, 0.2) is 0 Å². The second-order valence-corrected chi connectivity index (χ2v) is 11.1. The SMILES string of the molecule is Cc1ccc(NC(=O)c2cc(Cl)ccc2NS(=O)(=O)c2ccc(Oc3ccccc3Cl)cc2)cc1Br. The Morgan fingerprint density at radius 2 is 1.64 bits per heavy atom. The molecule has 0 aliphatic carbocycles. The van der Waals surface area contributed by atoms with Gasteiger partial charge in [-0.15, -0.1) is 0 Å². The minimum atomic E-state index is -4.03. The summed E-state index contributed by atoms with van der Waals surface area (Å²) >= 11 is 15.6. The molecule has 0 bridgehead atoms. The first kappa shape index (κ1) is 26.0. The van der Waals surface area contributed by atoms with Crippen LogP contribution in [0.1, 0.15) is 15.9 Å². The van der Waals surface area contributed by atoms with Crippen molar-refractivity contribution in [3.05, 3.63) is 111 Å². The van der Waals surface area contributed by atoms with Crippen LogP contribution in [0.25, 0.3) is 0 Å². The molecule has 0 aliphatic heterocycles. The number of para-hydroxylation sites is 1. The molecule has 36 heavy (non-hydrogen) atoms. The maximum Gasteiger partial charge on any atom is 0.261 e. The summed E-state index contributed by atoms with van der Waals surface area (Å²) in [6.07, 6.45) is 0. The molecular weight excluding hydrogens is 587 g/mol. The van der Waals surface area contributed by atoms with E-state index in [2.05, 4.69) is 26.0 Å². The number of benzene rings is 4. The summed E-state index contributed by atoms with van der Waals surface area (Å²) in [4.78, 5) is 13.0. The molecule has 0 atom stereocenters. The summed E-state index contributed by atoms with van der Waals surface area (Å²) in [6.45, 7) is 1.93. The Kier molecular flexibility index (Phi) is 7.90. The Bertz CT molecular complexity index is 1540. The molecule has 0 saturated heterocycles. The van der Waals surface area contributed by atoms with Crippen LogP contribution in [-0.4, -0.2) is 14.3 Å². The van der Waals surface area contributed by atoms with Gasteiger partial charge in [0.1, 0.15) is 11.5 Å². The fourth-order valence-corrected chi connectivity index (χ4v) is 5.01. The Labute approximate surface area is 227 Å². The van der Waals surface area contributed by atoms with E-state index in [0.29, 0.717) is 22.2 Å². The Morgan fingerprint density at radius 3 is 2.33 bits per heavy atom. The third-order valence-corrected chi connectivity index (χ3v) is 7.88. The Balaban J connectivity index is 1.55. The quantitative estimate of drug-likeness (QED) is 0.224. The molecule has 0 saturated carbocycles. The topological polar surface area (TPSA) is 84.5 Å². The summed E-state index contributed by atoms with van der Waals surface area (Å²) in [7, 11) is -4.03. The number of hydrogen-bond acceptors (Lipinski definition) is 4. The number of hydrogen-bond donors (Lipinski definition) is 2. The number of amides is 1. The lowest BCUT2D eigenvalue weighted by Crippen LogP contribution is -2.18. The summed E-state index contributed by atoms with van der Waals surface area (Å²) in [5.41, 5.74) is 1.70. The summed E-state index contributed by atoms with van der Waals surface area (Å²) < 4.78 is 35.2. The molecule has 4 aromatic rings.